The maximum Gasteiger partial charge on any atom is 0.175 e. The van der Waals surface area contributed by atoms with Gasteiger partial charge in [0.05, 0.1) is 19.1 Å². The van der Waals surface area contributed by atoms with Crippen LogP contribution in [0.2, 0.25) is 0 Å². The van der Waals surface area contributed by atoms with Gasteiger partial charge in [-0.25, -0.2) is 8.42 Å². The van der Waals surface area contributed by atoms with Gasteiger partial charge in [0.2, 0.25) is 0 Å². The van der Waals surface area contributed by atoms with E-state index in [1.54, 1.807) is 26.4 Å². The van der Waals surface area contributed by atoms with Crippen molar-refractivity contribution in [1.82, 2.24) is 5.32 Å². The van der Waals surface area contributed by atoms with Crippen molar-refractivity contribution in [3.05, 3.63) is 71.8 Å². The predicted molar refractivity (Wildman–Crippen MR) is 149 cm³/mol. The monoisotopic (exact) mass is 520 g/mol. The number of hydrogen-bond donors (Lipinski definition) is 1. The number of ether oxygens (including phenoxy) is 2. The molecule has 0 bridgehead atoms. The van der Waals surface area contributed by atoms with Crippen LogP contribution in [0.15, 0.2) is 65.6 Å². The second-order valence-electron chi connectivity index (χ2n) is 10.2. The topological polar surface area (TPSA) is 67.9 Å². The van der Waals surface area contributed by atoms with Crippen molar-refractivity contribution in [3.8, 4) is 22.6 Å². The van der Waals surface area contributed by atoms with Gasteiger partial charge in [0.1, 0.15) is 0 Å². The molecule has 6 nitrogen and oxygen atoms in total. The zero-order valence-electron chi connectivity index (χ0n) is 21.9. The molecule has 0 spiro atoms. The van der Waals surface area contributed by atoms with E-state index < -0.39 is 9.84 Å². The number of anilines is 1. The lowest BCUT2D eigenvalue weighted by atomic mass is 9.97. The van der Waals surface area contributed by atoms with E-state index in [2.05, 4.69) is 46.6 Å². The molecule has 3 aromatic rings. The summed E-state index contributed by atoms with van der Waals surface area (Å²) in [6.07, 6.45) is 5.72. The van der Waals surface area contributed by atoms with E-state index in [4.69, 9.17) is 9.47 Å². The number of benzene rings is 3. The molecule has 3 aromatic carbocycles. The fourth-order valence-electron chi connectivity index (χ4n) is 5.34. The summed E-state index contributed by atoms with van der Waals surface area (Å²) in [6, 6.07) is 20.7. The van der Waals surface area contributed by atoms with Gasteiger partial charge >= 0.3 is 0 Å². The summed E-state index contributed by atoms with van der Waals surface area (Å²) >= 11 is 0. The second kappa shape index (κ2) is 10.8. The molecule has 0 radical (unpaired) electrons. The van der Waals surface area contributed by atoms with E-state index in [9.17, 15) is 8.42 Å². The Kier molecular flexibility index (Phi) is 7.45. The average Bonchev–Trinajstić information content (AvgIpc) is 3.77. The quantitative estimate of drug-likeness (QED) is 0.407. The van der Waals surface area contributed by atoms with Crippen LogP contribution < -0.4 is 19.7 Å². The number of hydrogen-bond acceptors (Lipinski definition) is 6. The van der Waals surface area contributed by atoms with Crippen molar-refractivity contribution in [2.75, 3.05) is 38.5 Å². The Morgan fingerprint density at radius 1 is 0.892 bits per heavy atom. The first-order valence-electron chi connectivity index (χ1n) is 13.0. The molecule has 1 saturated carbocycles. The number of piperidine rings is 1. The van der Waals surface area contributed by atoms with Gasteiger partial charge in [-0.2, -0.15) is 0 Å². The summed E-state index contributed by atoms with van der Waals surface area (Å²) in [5, 5.41) is 3.46. The third-order valence-corrected chi connectivity index (χ3v) is 8.61. The number of methoxy groups -OCH3 is 2. The Morgan fingerprint density at radius 3 is 2.24 bits per heavy atom. The molecule has 1 saturated heterocycles. The van der Waals surface area contributed by atoms with E-state index >= 15 is 0 Å². The van der Waals surface area contributed by atoms with E-state index in [1.807, 2.05) is 12.1 Å². The predicted octanol–water partition coefficient (Wildman–Crippen LogP) is 5.41. The summed E-state index contributed by atoms with van der Waals surface area (Å²) in [4.78, 5) is 2.78. The molecule has 196 valence electrons. The summed E-state index contributed by atoms with van der Waals surface area (Å²) in [5.74, 6) is 2.16. The fourth-order valence-corrected chi connectivity index (χ4v) is 5.97. The zero-order chi connectivity index (χ0) is 26.0. The highest BCUT2D eigenvalue weighted by Gasteiger charge is 2.29. The van der Waals surface area contributed by atoms with Crippen molar-refractivity contribution >= 4 is 15.5 Å². The number of sulfone groups is 1. The summed E-state index contributed by atoms with van der Waals surface area (Å²) in [7, 11) is 0.176. The summed E-state index contributed by atoms with van der Waals surface area (Å²) < 4.78 is 35.4. The van der Waals surface area contributed by atoms with Crippen molar-refractivity contribution in [2.45, 2.75) is 49.1 Å². The van der Waals surface area contributed by atoms with Crippen molar-refractivity contribution in [3.63, 3.8) is 0 Å². The molecule has 0 unspecified atom stereocenters. The van der Waals surface area contributed by atoms with E-state index in [1.165, 1.54) is 30.2 Å². The number of nitrogens with one attached hydrogen (secondary N) is 1. The highest BCUT2D eigenvalue weighted by Crippen LogP contribution is 2.49. The number of rotatable bonds is 9. The summed E-state index contributed by atoms with van der Waals surface area (Å²) in [5.41, 5.74) is 5.77. The third kappa shape index (κ3) is 5.78. The van der Waals surface area contributed by atoms with Gasteiger partial charge in [0, 0.05) is 30.1 Å². The van der Waals surface area contributed by atoms with Crippen molar-refractivity contribution < 1.29 is 17.9 Å². The highest BCUT2D eigenvalue weighted by molar-refractivity contribution is 7.90. The van der Waals surface area contributed by atoms with Gasteiger partial charge in [-0.05, 0) is 104 Å². The average molecular weight is 521 g/mol. The first-order valence-corrected chi connectivity index (χ1v) is 14.9. The van der Waals surface area contributed by atoms with Crippen LogP contribution in [-0.4, -0.2) is 48.0 Å². The lowest BCUT2D eigenvalue weighted by Crippen LogP contribution is -2.43. The number of nitrogens with zero attached hydrogens (tertiary/aromatic N) is 1. The molecule has 1 aliphatic heterocycles. The minimum absolute atomic E-state index is 0.350. The molecule has 0 atom stereocenters. The first kappa shape index (κ1) is 25.6. The van der Waals surface area contributed by atoms with Crippen LogP contribution in [0.1, 0.15) is 42.7 Å². The largest absolute Gasteiger partial charge is 0.493 e. The van der Waals surface area contributed by atoms with Crippen LogP contribution in [0.25, 0.3) is 11.1 Å². The second-order valence-corrected chi connectivity index (χ2v) is 12.2. The molecule has 0 amide bonds. The van der Waals surface area contributed by atoms with Gasteiger partial charge < -0.3 is 19.7 Å². The van der Waals surface area contributed by atoms with Crippen LogP contribution in [0.4, 0.5) is 5.69 Å². The Morgan fingerprint density at radius 2 is 1.62 bits per heavy atom. The fraction of sp³-hybridized carbons (Fsp3) is 0.400. The Balaban J connectivity index is 1.47. The van der Waals surface area contributed by atoms with Gasteiger partial charge in [-0.3, -0.25) is 0 Å². The zero-order valence-corrected chi connectivity index (χ0v) is 22.7. The molecule has 1 N–H and O–H groups in total. The smallest absolute Gasteiger partial charge is 0.175 e. The first-order chi connectivity index (χ1) is 17.9. The lowest BCUT2D eigenvalue weighted by molar-refractivity contribution is 0.352. The Bertz CT molecular complexity index is 1340. The molecule has 5 rings (SSSR count). The van der Waals surface area contributed by atoms with Crippen LogP contribution >= 0.6 is 0 Å². The van der Waals surface area contributed by atoms with Gasteiger partial charge in [0.15, 0.2) is 21.3 Å². The minimum atomic E-state index is -3.23. The van der Waals surface area contributed by atoms with Gasteiger partial charge in [0.25, 0.3) is 0 Å². The third-order valence-electron chi connectivity index (χ3n) is 7.48. The molecule has 7 heteroatoms. The standard InChI is InChI=1S/C30H36N2O4S/c1-35-29-19-24(18-28(22-7-8-22)30(29)36-2)23-6-4-5-21(17-23)20-32(26-13-15-31-16-14-26)25-9-11-27(12-10-25)37(3,33)34/h4-6,9-12,17-19,22,26,31H,7-8,13-16,20H2,1-3H3. The Labute approximate surface area is 220 Å². The molecule has 1 aliphatic carbocycles. The molecule has 0 aromatic heterocycles. The van der Waals surface area contributed by atoms with Crippen LogP contribution in [-0.2, 0) is 16.4 Å². The highest BCUT2D eigenvalue weighted by atomic mass is 32.2. The van der Waals surface area contributed by atoms with Gasteiger partial charge in [-0.1, -0.05) is 18.2 Å². The Hall–Kier alpha value is -3.03. The van der Waals surface area contributed by atoms with E-state index in [0.29, 0.717) is 16.9 Å². The van der Waals surface area contributed by atoms with Crippen LogP contribution in [0.3, 0.4) is 0 Å². The summed E-state index contributed by atoms with van der Waals surface area (Å²) in [6.45, 7) is 2.72. The molecule has 2 fully saturated rings. The van der Waals surface area contributed by atoms with Crippen molar-refractivity contribution in [1.29, 1.82) is 0 Å². The molecular formula is C30H36N2O4S. The molecule has 37 heavy (non-hydrogen) atoms. The maximum absolute atomic E-state index is 12.0. The van der Waals surface area contributed by atoms with Crippen LogP contribution in [0.5, 0.6) is 11.5 Å². The van der Waals surface area contributed by atoms with E-state index in [0.717, 1.165) is 60.8 Å². The van der Waals surface area contributed by atoms with E-state index in [-0.39, 0.29) is 0 Å². The molecule has 1 heterocycles. The SMILES string of the molecule is COc1cc(-c2cccc(CN(c3ccc(S(C)(=O)=O)cc3)C3CCNCC3)c2)cc(C2CC2)c1OC. The normalized spacial score (nSPS) is 16.4. The lowest BCUT2D eigenvalue weighted by Gasteiger charge is -2.36. The maximum atomic E-state index is 12.0. The van der Waals surface area contributed by atoms with Crippen molar-refractivity contribution in [2.24, 2.45) is 0 Å². The molecule has 2 aliphatic rings. The van der Waals surface area contributed by atoms with Crippen LogP contribution in [0, 0.1) is 0 Å². The van der Waals surface area contributed by atoms with Gasteiger partial charge in [-0.15, -0.1) is 0 Å². The minimum Gasteiger partial charge on any atom is -0.493 e. The molecular weight excluding hydrogens is 484 g/mol.